The highest BCUT2D eigenvalue weighted by Gasteiger charge is 2.35. The topological polar surface area (TPSA) is 32.3 Å². The summed E-state index contributed by atoms with van der Waals surface area (Å²) in [6.07, 6.45) is 10.1. The van der Waals surface area contributed by atoms with Crippen LogP contribution in [0.2, 0.25) is 0 Å². The van der Waals surface area contributed by atoms with Crippen molar-refractivity contribution in [2.45, 2.75) is 63.5 Å². The van der Waals surface area contributed by atoms with E-state index in [0.717, 1.165) is 31.2 Å². The second-order valence-corrected chi connectivity index (χ2v) is 7.77. The first-order chi connectivity index (χ1) is 9.84. The summed E-state index contributed by atoms with van der Waals surface area (Å²) in [4.78, 5) is 14.9. The summed E-state index contributed by atoms with van der Waals surface area (Å²) in [6, 6.07) is 0.980. The van der Waals surface area contributed by atoms with E-state index >= 15 is 0 Å². The smallest absolute Gasteiger partial charge is 0.224 e. The van der Waals surface area contributed by atoms with Crippen LogP contribution in [0.5, 0.6) is 0 Å². The first-order valence-electron chi connectivity index (χ1n) is 8.45. The Balaban J connectivity index is 1.55. The van der Waals surface area contributed by atoms with Gasteiger partial charge in [-0.1, -0.05) is 19.3 Å². The molecule has 2 aliphatic heterocycles. The van der Waals surface area contributed by atoms with Crippen molar-refractivity contribution >= 4 is 17.7 Å². The molecule has 3 nitrogen and oxygen atoms in total. The molecule has 3 aliphatic rings. The van der Waals surface area contributed by atoms with E-state index in [4.69, 9.17) is 0 Å². The van der Waals surface area contributed by atoms with Crippen LogP contribution in [0.3, 0.4) is 0 Å². The highest BCUT2D eigenvalue weighted by Crippen LogP contribution is 2.34. The number of amides is 1. The SMILES string of the molecule is O=C(CC1CSCCN1)N1CCCC1C1CCCCC1. The Bertz CT molecular complexity index is 324. The van der Waals surface area contributed by atoms with Crippen LogP contribution in [0.15, 0.2) is 0 Å². The monoisotopic (exact) mass is 296 g/mol. The molecule has 3 fully saturated rings. The number of rotatable bonds is 3. The average molecular weight is 296 g/mol. The fourth-order valence-corrected chi connectivity index (χ4v) is 5.14. The maximum absolute atomic E-state index is 12.6. The molecule has 20 heavy (non-hydrogen) atoms. The Kier molecular flexibility index (Phi) is 5.27. The van der Waals surface area contributed by atoms with Gasteiger partial charge in [0.1, 0.15) is 0 Å². The number of nitrogens with one attached hydrogen (secondary N) is 1. The Morgan fingerprint density at radius 3 is 2.75 bits per heavy atom. The van der Waals surface area contributed by atoms with Crippen LogP contribution in [-0.2, 0) is 4.79 Å². The van der Waals surface area contributed by atoms with Crippen molar-refractivity contribution in [1.82, 2.24) is 10.2 Å². The number of hydrogen-bond acceptors (Lipinski definition) is 3. The maximum Gasteiger partial charge on any atom is 0.224 e. The molecule has 1 aliphatic carbocycles. The highest BCUT2D eigenvalue weighted by molar-refractivity contribution is 7.99. The van der Waals surface area contributed by atoms with E-state index in [9.17, 15) is 4.79 Å². The van der Waals surface area contributed by atoms with Crippen LogP contribution in [0.4, 0.5) is 0 Å². The van der Waals surface area contributed by atoms with Gasteiger partial charge in [-0.3, -0.25) is 4.79 Å². The Hall–Kier alpha value is -0.220. The first kappa shape index (κ1) is 14.7. The summed E-state index contributed by atoms with van der Waals surface area (Å²) in [5, 5.41) is 3.50. The van der Waals surface area contributed by atoms with Gasteiger partial charge in [-0.25, -0.2) is 0 Å². The summed E-state index contributed by atoms with van der Waals surface area (Å²) in [7, 11) is 0. The van der Waals surface area contributed by atoms with Gasteiger partial charge in [0.05, 0.1) is 0 Å². The normalized spacial score (nSPS) is 32.5. The molecule has 2 atom stereocenters. The van der Waals surface area contributed by atoms with E-state index in [-0.39, 0.29) is 0 Å². The zero-order valence-electron chi connectivity index (χ0n) is 12.5. The molecule has 0 aromatic heterocycles. The van der Waals surface area contributed by atoms with Gasteiger partial charge in [0.25, 0.3) is 0 Å². The van der Waals surface area contributed by atoms with Gasteiger partial charge in [-0.05, 0) is 31.6 Å². The molecule has 0 aromatic rings. The van der Waals surface area contributed by atoms with E-state index in [1.807, 2.05) is 11.8 Å². The van der Waals surface area contributed by atoms with Crippen LogP contribution in [-0.4, -0.2) is 47.5 Å². The minimum absolute atomic E-state index is 0.411. The average Bonchev–Trinajstić information content (AvgIpc) is 2.99. The van der Waals surface area contributed by atoms with E-state index in [2.05, 4.69) is 10.2 Å². The molecular formula is C16H28N2OS. The number of carbonyl (C=O) groups excluding carboxylic acids is 1. The minimum atomic E-state index is 0.411. The third-order valence-electron chi connectivity index (χ3n) is 5.23. The van der Waals surface area contributed by atoms with E-state index in [1.54, 1.807) is 0 Å². The zero-order chi connectivity index (χ0) is 13.8. The lowest BCUT2D eigenvalue weighted by Crippen LogP contribution is -2.45. The van der Waals surface area contributed by atoms with Crippen molar-refractivity contribution in [3.8, 4) is 0 Å². The highest BCUT2D eigenvalue weighted by atomic mass is 32.2. The predicted molar refractivity (Wildman–Crippen MR) is 85.0 cm³/mol. The molecule has 3 rings (SSSR count). The number of carbonyl (C=O) groups is 1. The number of likely N-dealkylation sites (tertiary alicyclic amines) is 1. The second-order valence-electron chi connectivity index (χ2n) is 6.62. The fraction of sp³-hybridized carbons (Fsp3) is 0.938. The summed E-state index contributed by atoms with van der Waals surface area (Å²) in [5.41, 5.74) is 0. The van der Waals surface area contributed by atoms with Crippen molar-refractivity contribution < 1.29 is 4.79 Å². The molecule has 2 saturated heterocycles. The van der Waals surface area contributed by atoms with E-state index < -0.39 is 0 Å². The molecular weight excluding hydrogens is 268 g/mol. The Morgan fingerprint density at radius 1 is 1.15 bits per heavy atom. The Labute approximate surface area is 127 Å². The summed E-state index contributed by atoms with van der Waals surface area (Å²) >= 11 is 1.98. The largest absolute Gasteiger partial charge is 0.339 e. The fourth-order valence-electron chi connectivity index (χ4n) is 4.19. The Morgan fingerprint density at radius 2 is 2.00 bits per heavy atom. The van der Waals surface area contributed by atoms with Crippen molar-refractivity contribution in [3.63, 3.8) is 0 Å². The number of thioether (sulfide) groups is 1. The lowest BCUT2D eigenvalue weighted by molar-refractivity contribution is -0.133. The molecule has 1 N–H and O–H groups in total. The van der Waals surface area contributed by atoms with Gasteiger partial charge < -0.3 is 10.2 Å². The predicted octanol–water partition coefficient (Wildman–Crippen LogP) is 2.65. The molecule has 0 spiro atoms. The molecule has 4 heteroatoms. The first-order valence-corrected chi connectivity index (χ1v) is 9.60. The van der Waals surface area contributed by atoms with Gasteiger partial charge in [0.15, 0.2) is 0 Å². The molecule has 2 heterocycles. The van der Waals surface area contributed by atoms with Gasteiger partial charge in [0, 0.05) is 43.1 Å². The van der Waals surface area contributed by atoms with Crippen molar-refractivity contribution in [2.75, 3.05) is 24.6 Å². The van der Waals surface area contributed by atoms with E-state index in [1.165, 1.54) is 50.7 Å². The zero-order valence-corrected chi connectivity index (χ0v) is 13.3. The van der Waals surface area contributed by atoms with Crippen molar-refractivity contribution in [1.29, 1.82) is 0 Å². The summed E-state index contributed by atoms with van der Waals surface area (Å²) in [5.74, 6) is 3.51. The van der Waals surface area contributed by atoms with Crippen LogP contribution < -0.4 is 5.32 Å². The molecule has 1 amide bonds. The standard InChI is InChI=1S/C16H28N2OS/c19-16(11-14-12-20-10-8-17-14)18-9-4-7-15(18)13-5-2-1-3-6-13/h13-15,17H,1-12H2. The molecule has 0 bridgehead atoms. The quantitative estimate of drug-likeness (QED) is 0.869. The van der Waals surface area contributed by atoms with Crippen LogP contribution >= 0.6 is 11.8 Å². The third kappa shape index (κ3) is 3.51. The van der Waals surface area contributed by atoms with Gasteiger partial charge in [0.2, 0.25) is 5.91 Å². The van der Waals surface area contributed by atoms with Crippen LogP contribution in [0, 0.1) is 5.92 Å². The number of nitrogens with zero attached hydrogens (tertiary/aromatic N) is 1. The molecule has 114 valence electrons. The minimum Gasteiger partial charge on any atom is -0.339 e. The molecule has 2 unspecified atom stereocenters. The molecule has 1 saturated carbocycles. The van der Waals surface area contributed by atoms with Crippen molar-refractivity contribution in [2.24, 2.45) is 5.92 Å². The maximum atomic E-state index is 12.6. The lowest BCUT2D eigenvalue weighted by Gasteiger charge is -2.35. The second kappa shape index (κ2) is 7.17. The summed E-state index contributed by atoms with van der Waals surface area (Å²) < 4.78 is 0. The summed E-state index contributed by atoms with van der Waals surface area (Å²) in [6.45, 7) is 2.08. The van der Waals surface area contributed by atoms with Crippen LogP contribution in [0.1, 0.15) is 51.4 Å². The molecule has 0 aromatic carbocycles. The van der Waals surface area contributed by atoms with Gasteiger partial charge in [-0.2, -0.15) is 11.8 Å². The van der Waals surface area contributed by atoms with Gasteiger partial charge >= 0.3 is 0 Å². The van der Waals surface area contributed by atoms with E-state index in [0.29, 0.717) is 18.0 Å². The third-order valence-corrected chi connectivity index (χ3v) is 6.36. The number of hydrogen-bond donors (Lipinski definition) is 1. The van der Waals surface area contributed by atoms with Crippen molar-refractivity contribution in [3.05, 3.63) is 0 Å². The van der Waals surface area contributed by atoms with Crippen LogP contribution in [0.25, 0.3) is 0 Å². The lowest BCUT2D eigenvalue weighted by atomic mass is 9.83. The molecule has 0 radical (unpaired) electrons. The van der Waals surface area contributed by atoms with Gasteiger partial charge in [-0.15, -0.1) is 0 Å².